The van der Waals surface area contributed by atoms with Crippen molar-refractivity contribution >= 4 is 35.5 Å². The van der Waals surface area contributed by atoms with E-state index < -0.39 is 48.1 Å². The number of nitrogens with one attached hydrogen (secondary N) is 1. The number of hydrogen-bond donors (Lipinski definition) is 3. The molecular formula is C39H51N3O9. The van der Waals surface area contributed by atoms with Crippen molar-refractivity contribution in [3.05, 3.63) is 71.8 Å². The maximum absolute atomic E-state index is 13.1. The summed E-state index contributed by atoms with van der Waals surface area (Å²) in [7, 11) is 0. The SMILES string of the molecule is CCOC(=O)[C@H](CCc1ccccc1)N1C(=O)C2CCCC2C(=O)[C@@H]1C.C[C@H](N[C@@H](CCc1ccccc1)C(=O)O)C(=O)N1CCC[C@H]1C(=O)O. The standard InChI is InChI=1S/C21H27NO4.C18H24N2O5/c1-3-26-21(25)18(13-12-15-8-5-4-6-9-15)22-14(2)19(23)16-10-7-11-17(16)20(22)24;1-12(16(21)20-11-5-8-15(20)18(24)25)19-14(17(22)23)10-9-13-6-3-2-4-7-13/h4-6,8-9,14,16-18H,3,7,10-13H2,1-2H3;2-4,6-7,12,14-15,19H,5,8-11H2,1H3,(H,22,23)(H,24,25)/t14-,16?,17?,18-;12-,14-,15-/m00/s1. The van der Waals surface area contributed by atoms with Gasteiger partial charge in [0, 0.05) is 18.4 Å². The number of aliphatic carboxylic acids is 2. The van der Waals surface area contributed by atoms with Crippen molar-refractivity contribution in [2.45, 2.75) is 109 Å². The monoisotopic (exact) mass is 705 g/mol. The molecule has 12 nitrogen and oxygen atoms in total. The quantitative estimate of drug-likeness (QED) is 0.245. The van der Waals surface area contributed by atoms with Gasteiger partial charge in [0.15, 0.2) is 5.78 Å². The largest absolute Gasteiger partial charge is 0.480 e. The van der Waals surface area contributed by atoms with E-state index in [9.17, 15) is 39.0 Å². The summed E-state index contributed by atoms with van der Waals surface area (Å²) in [5.41, 5.74) is 2.13. The number of amides is 2. The molecular weight excluding hydrogens is 654 g/mol. The Balaban J connectivity index is 0.000000229. The summed E-state index contributed by atoms with van der Waals surface area (Å²) >= 11 is 0. The molecule has 5 rings (SSSR count). The Hall–Kier alpha value is -4.58. The van der Waals surface area contributed by atoms with Crippen LogP contribution in [0.4, 0.5) is 0 Å². The smallest absolute Gasteiger partial charge is 0.328 e. The number of carbonyl (C=O) groups is 6. The molecule has 0 bridgehead atoms. The van der Waals surface area contributed by atoms with E-state index in [1.807, 2.05) is 60.7 Å². The number of fused-ring (bicyclic) bond motifs is 1. The van der Waals surface area contributed by atoms with E-state index in [-0.39, 0.29) is 36.0 Å². The highest BCUT2D eigenvalue weighted by atomic mass is 16.5. The first-order valence-corrected chi connectivity index (χ1v) is 18.1. The van der Waals surface area contributed by atoms with Crippen LogP contribution >= 0.6 is 0 Å². The summed E-state index contributed by atoms with van der Waals surface area (Å²) in [6.45, 7) is 5.74. The van der Waals surface area contributed by atoms with Crippen LogP contribution in [0.5, 0.6) is 0 Å². The van der Waals surface area contributed by atoms with Crippen LogP contribution < -0.4 is 5.32 Å². The average Bonchev–Trinajstić information content (AvgIpc) is 3.83. The van der Waals surface area contributed by atoms with Crippen molar-refractivity contribution in [3.8, 4) is 0 Å². The van der Waals surface area contributed by atoms with Crippen molar-refractivity contribution in [1.29, 1.82) is 0 Å². The van der Waals surface area contributed by atoms with Crippen LogP contribution in [0.3, 0.4) is 0 Å². The molecule has 0 spiro atoms. The molecule has 12 heteroatoms. The number of rotatable bonds is 14. The van der Waals surface area contributed by atoms with Gasteiger partial charge in [-0.05, 0) is 83.3 Å². The lowest BCUT2D eigenvalue weighted by molar-refractivity contribution is -0.165. The second-order valence-corrected chi connectivity index (χ2v) is 13.6. The summed E-state index contributed by atoms with van der Waals surface area (Å²) in [6, 6.07) is 15.7. The van der Waals surface area contributed by atoms with Crippen molar-refractivity contribution in [3.63, 3.8) is 0 Å². The molecule has 2 amide bonds. The van der Waals surface area contributed by atoms with Crippen molar-refractivity contribution < 1.29 is 43.7 Å². The molecule has 1 saturated carbocycles. The predicted octanol–water partition coefficient (Wildman–Crippen LogP) is 3.89. The fourth-order valence-corrected chi connectivity index (χ4v) is 7.55. The van der Waals surface area contributed by atoms with E-state index >= 15 is 0 Å². The van der Waals surface area contributed by atoms with Gasteiger partial charge in [-0.3, -0.25) is 24.5 Å². The summed E-state index contributed by atoms with van der Waals surface area (Å²) in [5, 5.41) is 21.4. The van der Waals surface area contributed by atoms with Gasteiger partial charge in [0.25, 0.3) is 0 Å². The molecule has 3 N–H and O–H groups in total. The molecule has 7 atom stereocenters. The molecule has 2 aromatic rings. The third-order valence-corrected chi connectivity index (χ3v) is 10.2. The van der Waals surface area contributed by atoms with Gasteiger partial charge in [-0.25, -0.2) is 9.59 Å². The molecule has 2 aromatic carbocycles. The molecule has 2 aliphatic heterocycles. The zero-order valence-electron chi connectivity index (χ0n) is 29.7. The van der Waals surface area contributed by atoms with Gasteiger partial charge in [0.05, 0.1) is 18.7 Å². The Morgan fingerprint density at radius 2 is 1.45 bits per heavy atom. The minimum atomic E-state index is -1.02. The Kier molecular flexibility index (Phi) is 14.3. The number of carboxylic acids is 2. The Morgan fingerprint density at radius 1 is 0.863 bits per heavy atom. The number of esters is 1. The van der Waals surface area contributed by atoms with Crippen LogP contribution in [0.25, 0.3) is 0 Å². The van der Waals surface area contributed by atoms with E-state index in [0.717, 1.165) is 30.4 Å². The minimum Gasteiger partial charge on any atom is -0.480 e. The van der Waals surface area contributed by atoms with Crippen LogP contribution in [-0.4, -0.2) is 98.9 Å². The van der Waals surface area contributed by atoms with E-state index in [1.165, 1.54) is 9.80 Å². The highest BCUT2D eigenvalue weighted by Gasteiger charge is 2.51. The number of ketones is 1. The van der Waals surface area contributed by atoms with Gasteiger partial charge in [-0.1, -0.05) is 67.1 Å². The fourth-order valence-electron chi connectivity index (χ4n) is 7.55. The number of likely N-dealkylation sites (tertiary alicyclic amines) is 2. The van der Waals surface area contributed by atoms with Gasteiger partial charge < -0.3 is 24.7 Å². The highest BCUT2D eigenvalue weighted by molar-refractivity contribution is 6.00. The predicted molar refractivity (Wildman–Crippen MR) is 188 cm³/mol. The van der Waals surface area contributed by atoms with Gasteiger partial charge in [-0.15, -0.1) is 0 Å². The van der Waals surface area contributed by atoms with E-state index in [1.54, 1.807) is 20.8 Å². The van der Waals surface area contributed by atoms with Crippen LogP contribution in [0.1, 0.15) is 76.8 Å². The van der Waals surface area contributed by atoms with Crippen LogP contribution in [0.2, 0.25) is 0 Å². The molecule has 3 aliphatic rings. The van der Waals surface area contributed by atoms with Gasteiger partial charge >= 0.3 is 17.9 Å². The maximum atomic E-state index is 13.1. The molecule has 0 aromatic heterocycles. The van der Waals surface area contributed by atoms with Gasteiger partial charge in [-0.2, -0.15) is 0 Å². The number of ether oxygens (including phenoxy) is 1. The number of carbonyl (C=O) groups excluding carboxylic acids is 4. The Bertz CT molecular complexity index is 1520. The van der Waals surface area contributed by atoms with Crippen LogP contribution in [0, 0.1) is 11.8 Å². The number of piperidine rings is 1. The van der Waals surface area contributed by atoms with Gasteiger partial charge in [0.1, 0.15) is 18.1 Å². The van der Waals surface area contributed by atoms with E-state index in [4.69, 9.17) is 4.74 Å². The average molecular weight is 706 g/mol. The number of aryl methyl sites for hydroxylation is 2. The van der Waals surface area contributed by atoms with Crippen molar-refractivity contribution in [2.75, 3.05) is 13.2 Å². The first kappa shape index (κ1) is 39.2. The zero-order valence-corrected chi connectivity index (χ0v) is 29.7. The molecule has 1 aliphatic carbocycles. The molecule has 2 unspecified atom stereocenters. The third-order valence-electron chi connectivity index (χ3n) is 10.2. The minimum absolute atomic E-state index is 0.0503. The lowest BCUT2D eigenvalue weighted by Crippen LogP contribution is -2.60. The third kappa shape index (κ3) is 10.0. The molecule has 3 fully saturated rings. The molecule has 0 radical (unpaired) electrons. The fraction of sp³-hybridized carbons (Fsp3) is 0.538. The summed E-state index contributed by atoms with van der Waals surface area (Å²) < 4.78 is 5.24. The topological polar surface area (TPSA) is 171 Å². The molecule has 2 saturated heterocycles. The number of carboxylic acid groups (broad SMARTS) is 2. The number of hydrogen-bond acceptors (Lipinski definition) is 8. The first-order chi connectivity index (χ1) is 24.4. The lowest BCUT2D eigenvalue weighted by atomic mass is 9.81. The summed E-state index contributed by atoms with van der Waals surface area (Å²) in [6.07, 6.45) is 5.56. The number of benzene rings is 2. The molecule has 51 heavy (non-hydrogen) atoms. The Morgan fingerprint density at radius 3 is 2.02 bits per heavy atom. The summed E-state index contributed by atoms with van der Waals surface area (Å²) in [5.74, 6) is -3.18. The summed E-state index contributed by atoms with van der Waals surface area (Å²) in [4.78, 5) is 76.6. The maximum Gasteiger partial charge on any atom is 0.328 e. The van der Waals surface area contributed by atoms with Crippen molar-refractivity contribution in [2.24, 2.45) is 11.8 Å². The van der Waals surface area contributed by atoms with Crippen LogP contribution in [0.15, 0.2) is 60.7 Å². The van der Waals surface area contributed by atoms with Crippen molar-refractivity contribution in [1.82, 2.24) is 15.1 Å². The highest BCUT2D eigenvalue weighted by Crippen LogP contribution is 2.40. The normalized spacial score (nSPS) is 23.0. The first-order valence-electron chi connectivity index (χ1n) is 18.1. The molecule has 276 valence electrons. The molecule has 2 heterocycles. The van der Waals surface area contributed by atoms with E-state index in [2.05, 4.69) is 5.32 Å². The number of Topliss-reactive ketones (excluding diaryl/α,β-unsaturated/α-hetero) is 1. The lowest BCUT2D eigenvalue weighted by Gasteiger charge is -2.42. The second-order valence-electron chi connectivity index (χ2n) is 13.6. The Labute approximate surface area is 299 Å². The van der Waals surface area contributed by atoms with E-state index in [0.29, 0.717) is 45.1 Å². The van der Waals surface area contributed by atoms with Crippen LogP contribution in [-0.2, 0) is 46.3 Å². The van der Waals surface area contributed by atoms with Gasteiger partial charge in [0.2, 0.25) is 11.8 Å². The zero-order chi connectivity index (χ0) is 37.1. The second kappa shape index (κ2) is 18.6. The number of nitrogens with zero attached hydrogens (tertiary/aromatic N) is 2.